The van der Waals surface area contributed by atoms with Crippen molar-refractivity contribution in [3.05, 3.63) is 29.8 Å². The Morgan fingerprint density at radius 3 is 2.44 bits per heavy atom. The molecule has 2 nitrogen and oxygen atoms in total. The molecule has 16 heavy (non-hydrogen) atoms. The Morgan fingerprint density at radius 1 is 1.19 bits per heavy atom. The molecule has 2 heteroatoms. The number of aryl methyl sites for hydroxylation is 1. The third-order valence-electron chi connectivity index (χ3n) is 2.65. The van der Waals surface area contributed by atoms with Gasteiger partial charge in [-0.25, -0.2) is 0 Å². The average Bonchev–Trinajstić information content (AvgIpc) is 2.29. The minimum absolute atomic E-state index is 0.309. The van der Waals surface area contributed by atoms with Crippen molar-refractivity contribution in [3.63, 3.8) is 0 Å². The van der Waals surface area contributed by atoms with Gasteiger partial charge in [0.15, 0.2) is 0 Å². The van der Waals surface area contributed by atoms with Crippen LogP contribution < -0.4 is 10.5 Å². The Morgan fingerprint density at radius 2 is 1.88 bits per heavy atom. The highest BCUT2D eigenvalue weighted by atomic mass is 16.5. The average molecular weight is 221 g/mol. The van der Waals surface area contributed by atoms with Gasteiger partial charge in [-0.1, -0.05) is 19.1 Å². The predicted octanol–water partition coefficient (Wildman–Crippen LogP) is 3.15. The van der Waals surface area contributed by atoms with Gasteiger partial charge in [-0.3, -0.25) is 0 Å². The second-order valence-corrected chi connectivity index (χ2v) is 4.32. The maximum Gasteiger partial charge on any atom is 0.119 e. The second kappa shape index (κ2) is 7.29. The summed E-state index contributed by atoms with van der Waals surface area (Å²) in [6.07, 6.45) is 4.38. The van der Waals surface area contributed by atoms with Crippen molar-refractivity contribution in [2.45, 2.75) is 45.6 Å². The van der Waals surface area contributed by atoms with Gasteiger partial charge in [0.05, 0.1) is 6.61 Å². The van der Waals surface area contributed by atoms with Crippen molar-refractivity contribution in [1.29, 1.82) is 0 Å². The lowest BCUT2D eigenvalue weighted by Gasteiger charge is -2.07. The van der Waals surface area contributed by atoms with Crippen LogP contribution in [0.1, 0.15) is 38.7 Å². The molecule has 0 fully saturated rings. The molecule has 0 saturated heterocycles. The molecule has 0 aliphatic carbocycles. The standard InChI is InChI=1S/C14H23NO/c1-3-13-7-9-14(10-8-13)16-11-5-4-6-12(2)15/h7-10,12H,3-6,11,15H2,1-2H3. The van der Waals surface area contributed by atoms with Crippen molar-refractivity contribution in [2.24, 2.45) is 5.73 Å². The van der Waals surface area contributed by atoms with Gasteiger partial charge in [-0.2, -0.15) is 0 Å². The Kier molecular flexibility index (Phi) is 5.94. The van der Waals surface area contributed by atoms with E-state index in [2.05, 4.69) is 19.1 Å². The molecule has 1 aromatic carbocycles. The number of nitrogens with two attached hydrogens (primary N) is 1. The van der Waals surface area contributed by atoms with Crippen molar-refractivity contribution >= 4 is 0 Å². The molecule has 0 heterocycles. The van der Waals surface area contributed by atoms with Crippen molar-refractivity contribution in [1.82, 2.24) is 0 Å². The zero-order chi connectivity index (χ0) is 11.8. The van der Waals surface area contributed by atoms with Crippen LogP contribution in [0.15, 0.2) is 24.3 Å². The van der Waals surface area contributed by atoms with Crippen molar-refractivity contribution in [2.75, 3.05) is 6.61 Å². The highest BCUT2D eigenvalue weighted by molar-refractivity contribution is 5.27. The molecule has 1 atom stereocenters. The lowest BCUT2D eigenvalue weighted by atomic mass is 10.1. The molecule has 0 saturated carbocycles. The molecular formula is C14H23NO. The molecule has 0 aliphatic rings. The van der Waals surface area contributed by atoms with E-state index in [-0.39, 0.29) is 0 Å². The first-order chi connectivity index (χ1) is 7.72. The van der Waals surface area contributed by atoms with E-state index in [1.165, 1.54) is 5.56 Å². The summed E-state index contributed by atoms with van der Waals surface area (Å²) in [5.74, 6) is 0.970. The summed E-state index contributed by atoms with van der Waals surface area (Å²) in [6.45, 7) is 4.99. The highest BCUT2D eigenvalue weighted by Gasteiger charge is 1.96. The van der Waals surface area contributed by atoms with Crippen LogP contribution >= 0.6 is 0 Å². The maximum atomic E-state index is 5.68. The highest BCUT2D eigenvalue weighted by Crippen LogP contribution is 2.13. The van der Waals surface area contributed by atoms with Gasteiger partial charge >= 0.3 is 0 Å². The fraction of sp³-hybridized carbons (Fsp3) is 0.571. The SMILES string of the molecule is CCc1ccc(OCCCCC(C)N)cc1. The van der Waals surface area contributed by atoms with Gasteiger partial charge in [-0.05, 0) is 50.3 Å². The van der Waals surface area contributed by atoms with E-state index in [0.29, 0.717) is 6.04 Å². The monoisotopic (exact) mass is 221 g/mol. The van der Waals surface area contributed by atoms with Crippen LogP contribution in [0.5, 0.6) is 5.75 Å². The van der Waals surface area contributed by atoms with Gasteiger partial charge in [0, 0.05) is 6.04 Å². The van der Waals surface area contributed by atoms with Gasteiger partial charge in [0.1, 0.15) is 5.75 Å². The Balaban J connectivity index is 2.16. The van der Waals surface area contributed by atoms with Gasteiger partial charge in [0.25, 0.3) is 0 Å². The molecule has 0 spiro atoms. The maximum absolute atomic E-state index is 5.68. The van der Waals surface area contributed by atoms with Crippen LogP contribution in [-0.4, -0.2) is 12.6 Å². The normalized spacial score (nSPS) is 12.4. The Labute approximate surface area is 98.8 Å². The van der Waals surface area contributed by atoms with E-state index in [1.807, 2.05) is 19.1 Å². The molecule has 0 aromatic heterocycles. The molecule has 0 amide bonds. The van der Waals surface area contributed by atoms with E-state index < -0.39 is 0 Å². The minimum Gasteiger partial charge on any atom is -0.494 e. The lowest BCUT2D eigenvalue weighted by molar-refractivity contribution is 0.303. The van der Waals surface area contributed by atoms with E-state index in [0.717, 1.165) is 38.0 Å². The van der Waals surface area contributed by atoms with Crippen LogP contribution in [0, 0.1) is 0 Å². The van der Waals surface area contributed by atoms with Crippen LogP contribution in [0.3, 0.4) is 0 Å². The Hall–Kier alpha value is -1.02. The molecule has 0 bridgehead atoms. The van der Waals surface area contributed by atoms with Gasteiger partial charge < -0.3 is 10.5 Å². The summed E-state index contributed by atoms with van der Waals surface area (Å²) in [6, 6.07) is 8.65. The number of hydrogen-bond donors (Lipinski definition) is 1. The van der Waals surface area contributed by atoms with Gasteiger partial charge in [0.2, 0.25) is 0 Å². The number of benzene rings is 1. The zero-order valence-electron chi connectivity index (χ0n) is 10.4. The van der Waals surface area contributed by atoms with Crippen LogP contribution in [-0.2, 0) is 6.42 Å². The first-order valence-corrected chi connectivity index (χ1v) is 6.19. The predicted molar refractivity (Wildman–Crippen MR) is 68.8 cm³/mol. The van der Waals surface area contributed by atoms with E-state index >= 15 is 0 Å². The van der Waals surface area contributed by atoms with Crippen LogP contribution in [0.25, 0.3) is 0 Å². The summed E-state index contributed by atoms with van der Waals surface area (Å²) in [4.78, 5) is 0. The fourth-order valence-electron chi connectivity index (χ4n) is 1.58. The van der Waals surface area contributed by atoms with E-state index in [1.54, 1.807) is 0 Å². The zero-order valence-corrected chi connectivity index (χ0v) is 10.4. The third kappa shape index (κ3) is 5.17. The summed E-state index contributed by atoms with van der Waals surface area (Å²) in [7, 11) is 0. The lowest BCUT2D eigenvalue weighted by Crippen LogP contribution is -2.14. The summed E-state index contributed by atoms with van der Waals surface area (Å²) >= 11 is 0. The number of rotatable bonds is 7. The molecule has 0 radical (unpaired) electrons. The molecular weight excluding hydrogens is 198 g/mol. The van der Waals surface area contributed by atoms with Gasteiger partial charge in [-0.15, -0.1) is 0 Å². The summed E-state index contributed by atoms with van der Waals surface area (Å²) < 4.78 is 5.65. The summed E-state index contributed by atoms with van der Waals surface area (Å²) in [5.41, 5.74) is 7.03. The molecule has 1 rings (SSSR count). The molecule has 0 aliphatic heterocycles. The van der Waals surface area contributed by atoms with E-state index in [9.17, 15) is 0 Å². The first kappa shape index (κ1) is 13.0. The third-order valence-corrected chi connectivity index (χ3v) is 2.65. The van der Waals surface area contributed by atoms with Crippen molar-refractivity contribution in [3.8, 4) is 5.75 Å². The largest absolute Gasteiger partial charge is 0.494 e. The molecule has 90 valence electrons. The second-order valence-electron chi connectivity index (χ2n) is 4.32. The number of hydrogen-bond acceptors (Lipinski definition) is 2. The smallest absolute Gasteiger partial charge is 0.119 e. The Bertz CT molecular complexity index is 279. The van der Waals surface area contributed by atoms with Crippen LogP contribution in [0.4, 0.5) is 0 Å². The molecule has 1 aromatic rings. The fourth-order valence-corrected chi connectivity index (χ4v) is 1.58. The van der Waals surface area contributed by atoms with Crippen molar-refractivity contribution < 1.29 is 4.74 Å². The number of ether oxygens (including phenoxy) is 1. The van der Waals surface area contributed by atoms with Crippen LogP contribution in [0.2, 0.25) is 0 Å². The molecule has 2 N–H and O–H groups in total. The minimum atomic E-state index is 0.309. The van der Waals surface area contributed by atoms with E-state index in [4.69, 9.17) is 10.5 Å². The first-order valence-electron chi connectivity index (χ1n) is 6.19. The quantitative estimate of drug-likeness (QED) is 0.718. The summed E-state index contributed by atoms with van der Waals surface area (Å²) in [5, 5.41) is 0. The molecule has 1 unspecified atom stereocenters. The topological polar surface area (TPSA) is 35.2 Å². The number of unbranched alkanes of at least 4 members (excludes halogenated alkanes) is 1.